The van der Waals surface area contributed by atoms with Crippen LogP contribution >= 0.6 is 11.8 Å². The largest absolute Gasteiger partial charge is 0.422 e. The van der Waals surface area contributed by atoms with Crippen molar-refractivity contribution in [2.75, 3.05) is 17.7 Å². The average molecular weight is 407 g/mol. The van der Waals surface area contributed by atoms with Gasteiger partial charge in [-0.25, -0.2) is 9.78 Å². The minimum absolute atomic E-state index is 0.0759. The summed E-state index contributed by atoms with van der Waals surface area (Å²) in [6.07, 6.45) is 3.89. The lowest BCUT2D eigenvalue weighted by Crippen LogP contribution is -2.42. The predicted octanol–water partition coefficient (Wildman–Crippen LogP) is 4.79. The molecule has 1 aromatic carbocycles. The van der Waals surface area contributed by atoms with E-state index in [1.807, 2.05) is 37.4 Å². The molecule has 0 saturated heterocycles. The number of pyridine rings is 1. The van der Waals surface area contributed by atoms with Crippen LogP contribution in [0.1, 0.15) is 36.7 Å². The lowest BCUT2D eigenvalue weighted by atomic mass is 9.88. The molecular weight excluding hydrogens is 384 g/mol. The van der Waals surface area contributed by atoms with Gasteiger partial charge in [0.25, 0.3) is 0 Å². The number of fused-ring (bicyclic) bond motifs is 2. The van der Waals surface area contributed by atoms with Gasteiger partial charge in [0.15, 0.2) is 5.78 Å². The van der Waals surface area contributed by atoms with E-state index in [1.54, 1.807) is 12.3 Å². The summed E-state index contributed by atoms with van der Waals surface area (Å²) in [6, 6.07) is 11.0. The summed E-state index contributed by atoms with van der Waals surface area (Å²) in [5.74, 6) is -0.131. The summed E-state index contributed by atoms with van der Waals surface area (Å²) in [5.41, 5.74) is 3.07. The monoisotopic (exact) mass is 406 g/mol. The van der Waals surface area contributed by atoms with Crippen molar-refractivity contribution in [3.63, 3.8) is 0 Å². The second-order valence-electron chi connectivity index (χ2n) is 7.77. The van der Waals surface area contributed by atoms with Gasteiger partial charge in [-0.1, -0.05) is 23.9 Å². The molecule has 0 N–H and O–H groups in total. The predicted molar refractivity (Wildman–Crippen MR) is 118 cm³/mol. The molecule has 29 heavy (non-hydrogen) atoms. The highest BCUT2D eigenvalue weighted by Crippen LogP contribution is 2.39. The molecule has 1 aliphatic rings. The molecule has 148 valence electrons. The molecule has 0 radical (unpaired) electrons. The molecule has 3 aromatic rings. The van der Waals surface area contributed by atoms with Crippen molar-refractivity contribution in [1.29, 1.82) is 0 Å². The Balaban J connectivity index is 1.71. The molecule has 0 atom stereocenters. The number of aromatic nitrogens is 1. The van der Waals surface area contributed by atoms with E-state index >= 15 is 0 Å². The number of hydrogen-bond acceptors (Lipinski definition) is 6. The number of anilines is 1. The average Bonchev–Trinajstić information content (AvgIpc) is 2.69. The first-order chi connectivity index (χ1) is 13.8. The van der Waals surface area contributed by atoms with Gasteiger partial charge in [-0.3, -0.25) is 4.79 Å². The van der Waals surface area contributed by atoms with E-state index in [0.717, 1.165) is 27.2 Å². The Hall–Kier alpha value is -2.86. The Morgan fingerprint density at radius 3 is 2.76 bits per heavy atom. The molecule has 3 heterocycles. The minimum Gasteiger partial charge on any atom is -0.422 e. The number of Topliss-reactive ketones (excluding diaryl/α,β-unsaturated/α-hetero) is 1. The van der Waals surface area contributed by atoms with Crippen molar-refractivity contribution < 1.29 is 9.21 Å². The van der Waals surface area contributed by atoms with Crippen LogP contribution in [-0.4, -0.2) is 29.1 Å². The number of ketones is 1. The Labute approximate surface area is 173 Å². The first-order valence-corrected chi connectivity index (χ1v) is 10.4. The zero-order valence-electron chi connectivity index (χ0n) is 16.9. The van der Waals surface area contributed by atoms with Crippen molar-refractivity contribution in [2.24, 2.45) is 0 Å². The number of carbonyl (C=O) groups excluding carboxylic acids is 1. The maximum atomic E-state index is 12.6. The van der Waals surface area contributed by atoms with Gasteiger partial charge in [0, 0.05) is 35.9 Å². The Kier molecular flexibility index (Phi) is 4.82. The third-order valence-corrected chi connectivity index (χ3v) is 6.30. The first-order valence-electron chi connectivity index (χ1n) is 9.39. The molecular formula is C23H22N2O3S. The highest BCUT2D eigenvalue weighted by Gasteiger charge is 2.29. The van der Waals surface area contributed by atoms with E-state index in [4.69, 9.17) is 4.42 Å². The van der Waals surface area contributed by atoms with Crippen molar-refractivity contribution in [2.45, 2.75) is 31.3 Å². The first kappa shape index (κ1) is 19.5. The summed E-state index contributed by atoms with van der Waals surface area (Å²) < 4.78 is 5.54. The van der Waals surface area contributed by atoms with E-state index in [-0.39, 0.29) is 22.6 Å². The fraction of sp³-hybridized carbons (Fsp3) is 0.261. The molecule has 6 heteroatoms. The van der Waals surface area contributed by atoms with Crippen molar-refractivity contribution >= 4 is 39.8 Å². The maximum Gasteiger partial charge on any atom is 0.347 e. The van der Waals surface area contributed by atoms with Gasteiger partial charge >= 0.3 is 5.63 Å². The number of benzene rings is 1. The van der Waals surface area contributed by atoms with Crippen molar-refractivity contribution in [1.82, 2.24) is 4.98 Å². The SMILES string of the molecule is CC1=CC(C)(C)N(C)c2cc3oc(=O)c(C(=O)CSc4ccccn4)cc3cc21. The van der Waals surface area contributed by atoms with Crippen LogP contribution < -0.4 is 10.5 Å². The zero-order chi connectivity index (χ0) is 20.8. The molecule has 0 unspecified atom stereocenters. The van der Waals surface area contributed by atoms with E-state index in [1.165, 1.54) is 11.8 Å². The fourth-order valence-electron chi connectivity index (χ4n) is 3.61. The highest BCUT2D eigenvalue weighted by atomic mass is 32.2. The summed E-state index contributed by atoms with van der Waals surface area (Å²) in [7, 11) is 2.03. The molecule has 0 amide bonds. The number of hydrogen-bond donors (Lipinski definition) is 0. The zero-order valence-corrected chi connectivity index (χ0v) is 17.7. The summed E-state index contributed by atoms with van der Waals surface area (Å²) >= 11 is 1.30. The van der Waals surface area contributed by atoms with Crippen LogP contribution in [0.2, 0.25) is 0 Å². The summed E-state index contributed by atoms with van der Waals surface area (Å²) in [4.78, 5) is 31.5. The molecule has 0 fully saturated rings. The van der Waals surface area contributed by atoms with Crippen LogP contribution in [0.3, 0.4) is 0 Å². The Bertz CT molecular complexity index is 1200. The molecule has 0 aliphatic carbocycles. The highest BCUT2D eigenvalue weighted by molar-refractivity contribution is 7.99. The van der Waals surface area contributed by atoms with Crippen molar-refractivity contribution in [3.05, 3.63) is 70.2 Å². The Morgan fingerprint density at radius 1 is 1.24 bits per heavy atom. The van der Waals surface area contributed by atoms with Gasteiger partial charge in [-0.2, -0.15) is 0 Å². The standard InChI is InChI=1S/C23H22N2O3S/c1-14-12-23(2,3)25(4)18-11-20-15(9-16(14)18)10-17(22(27)28-20)19(26)13-29-21-7-5-6-8-24-21/h5-12H,13H2,1-4H3. The van der Waals surface area contributed by atoms with Crippen LogP contribution in [0.4, 0.5) is 5.69 Å². The number of likely N-dealkylation sites (N-methyl/N-ethyl adjacent to an activating group) is 1. The molecule has 5 nitrogen and oxygen atoms in total. The van der Waals surface area contributed by atoms with E-state index in [0.29, 0.717) is 5.58 Å². The lowest BCUT2D eigenvalue weighted by molar-refractivity contribution is 0.101. The van der Waals surface area contributed by atoms with Crippen LogP contribution in [0.5, 0.6) is 0 Å². The van der Waals surface area contributed by atoms with Gasteiger partial charge < -0.3 is 9.32 Å². The number of allylic oxidation sites excluding steroid dienone is 1. The van der Waals surface area contributed by atoms with Gasteiger partial charge in [0.05, 0.1) is 16.3 Å². The third kappa shape index (κ3) is 3.60. The molecule has 2 aromatic heterocycles. The topological polar surface area (TPSA) is 63.4 Å². The van der Waals surface area contributed by atoms with E-state index in [2.05, 4.69) is 36.7 Å². The van der Waals surface area contributed by atoms with Crippen LogP contribution in [0.25, 0.3) is 16.5 Å². The van der Waals surface area contributed by atoms with Gasteiger partial charge in [-0.15, -0.1) is 0 Å². The van der Waals surface area contributed by atoms with Gasteiger partial charge in [0.2, 0.25) is 0 Å². The number of rotatable bonds is 4. The molecule has 0 bridgehead atoms. The number of carbonyl (C=O) groups is 1. The summed E-state index contributed by atoms with van der Waals surface area (Å²) in [6.45, 7) is 6.36. The molecule has 0 spiro atoms. The summed E-state index contributed by atoms with van der Waals surface area (Å²) in [5, 5.41) is 1.49. The van der Waals surface area contributed by atoms with Crippen LogP contribution in [0.15, 0.2) is 62.9 Å². The minimum atomic E-state index is -0.603. The van der Waals surface area contributed by atoms with Crippen molar-refractivity contribution in [3.8, 4) is 0 Å². The van der Waals surface area contributed by atoms with Gasteiger partial charge in [0.1, 0.15) is 11.1 Å². The second kappa shape index (κ2) is 7.19. The maximum absolute atomic E-state index is 12.6. The number of nitrogens with zero attached hydrogens (tertiary/aromatic N) is 2. The number of thioether (sulfide) groups is 1. The van der Waals surface area contributed by atoms with Gasteiger partial charge in [-0.05, 0) is 50.6 Å². The molecule has 0 saturated carbocycles. The lowest BCUT2D eigenvalue weighted by Gasteiger charge is -2.40. The smallest absolute Gasteiger partial charge is 0.347 e. The van der Waals surface area contributed by atoms with Crippen LogP contribution in [0, 0.1) is 0 Å². The van der Waals surface area contributed by atoms with Crippen LogP contribution in [-0.2, 0) is 0 Å². The third-order valence-electron chi connectivity index (χ3n) is 5.36. The molecule has 4 rings (SSSR count). The quantitative estimate of drug-likeness (QED) is 0.352. The normalized spacial score (nSPS) is 15.2. The molecule has 1 aliphatic heterocycles. The van der Waals surface area contributed by atoms with E-state index in [9.17, 15) is 9.59 Å². The van der Waals surface area contributed by atoms with E-state index < -0.39 is 5.63 Å². The fourth-order valence-corrected chi connectivity index (χ4v) is 4.35. The second-order valence-corrected chi connectivity index (χ2v) is 8.77. The Morgan fingerprint density at radius 2 is 2.03 bits per heavy atom.